The number of aliphatic hydroxyl groups is 1. The molecule has 2 aromatic rings. The summed E-state index contributed by atoms with van der Waals surface area (Å²) in [5.74, 6) is -0.962. The van der Waals surface area contributed by atoms with Gasteiger partial charge in [0.05, 0.1) is 12.0 Å². The molecule has 2 rings (SSSR count). The lowest BCUT2D eigenvalue weighted by Crippen LogP contribution is -2.40. The fourth-order valence-corrected chi connectivity index (χ4v) is 6.63. The van der Waals surface area contributed by atoms with E-state index in [4.69, 9.17) is 18.3 Å². The fourth-order valence-electron chi connectivity index (χ4n) is 6.63. The zero-order valence-electron chi connectivity index (χ0n) is 31.5. The minimum atomic E-state index is -0.867. The van der Waals surface area contributed by atoms with Crippen LogP contribution in [0.5, 0.6) is 0 Å². The molecule has 9 nitrogen and oxygen atoms in total. The van der Waals surface area contributed by atoms with Gasteiger partial charge in [0.15, 0.2) is 10.9 Å². The number of hydrogen-bond acceptors (Lipinski definition) is 9. The van der Waals surface area contributed by atoms with E-state index in [1.807, 2.05) is 68.4 Å². The summed E-state index contributed by atoms with van der Waals surface area (Å²) >= 11 is 0. The molecule has 0 aromatic carbocycles. The normalized spacial score (nSPS) is 16.5. The molecule has 2 heterocycles. The number of ether oxygens (including phenoxy) is 2. The van der Waals surface area contributed by atoms with Gasteiger partial charge in [-0.3, -0.25) is 19.2 Å². The maximum Gasteiger partial charge on any atom is 0.306 e. The van der Waals surface area contributed by atoms with Crippen LogP contribution in [-0.2, 0) is 25.5 Å². The second-order valence-corrected chi connectivity index (χ2v) is 13.9. The molecule has 0 unspecified atom stereocenters. The van der Waals surface area contributed by atoms with Crippen molar-refractivity contribution in [1.29, 1.82) is 0 Å². The molecule has 0 amide bonds. The maximum atomic E-state index is 13.5. The summed E-state index contributed by atoms with van der Waals surface area (Å²) in [6.45, 7) is 25.1. The van der Waals surface area contributed by atoms with E-state index in [0.717, 1.165) is 0 Å². The Kier molecular flexibility index (Phi) is 14.7. The molecular formula is C39H58O9. The van der Waals surface area contributed by atoms with E-state index in [2.05, 4.69) is 0 Å². The molecule has 0 bridgehead atoms. The number of aliphatic hydroxyl groups excluding tert-OH is 1. The van der Waals surface area contributed by atoms with Gasteiger partial charge in [0.1, 0.15) is 35.2 Å². The lowest BCUT2D eigenvalue weighted by molar-refractivity contribution is -0.160. The monoisotopic (exact) mass is 670 g/mol. The number of aryl methyl sites for hydroxylation is 1. The predicted octanol–water partition coefficient (Wildman–Crippen LogP) is 7.64. The third-order valence-electron chi connectivity index (χ3n) is 9.49. The van der Waals surface area contributed by atoms with Gasteiger partial charge in [-0.05, 0) is 52.5 Å². The molecule has 1 N–H and O–H groups in total. The third kappa shape index (κ3) is 9.36. The highest BCUT2D eigenvalue weighted by atomic mass is 16.6. The lowest BCUT2D eigenvalue weighted by atomic mass is 9.82. The standard InChI is InChI=1S/C39H58O9/c1-15-30(41)22(7)37-25(10)34(44)26(11)38(48-37)28(13)39(47-32(42)17-19(3)4)27(12)36(45-29(14)40)21(6)18-20(5)35-24(9)33(43)23(8)31(16-2)46-35/h18-20,22,27-28,30,36,39,41H,15-17H2,1-14H3/t20-,22+,27+,28+,30+,36+,39-/m1/s1. The molecule has 0 aliphatic carbocycles. The summed E-state index contributed by atoms with van der Waals surface area (Å²) in [7, 11) is 0. The van der Waals surface area contributed by atoms with E-state index in [0.29, 0.717) is 63.7 Å². The van der Waals surface area contributed by atoms with Crippen molar-refractivity contribution in [3.63, 3.8) is 0 Å². The molecule has 7 atom stereocenters. The smallest absolute Gasteiger partial charge is 0.306 e. The summed E-state index contributed by atoms with van der Waals surface area (Å²) in [6, 6.07) is 0. The third-order valence-corrected chi connectivity index (χ3v) is 9.49. The Hall–Kier alpha value is -3.46. The first-order chi connectivity index (χ1) is 22.3. The molecule has 2 aromatic heterocycles. The highest BCUT2D eigenvalue weighted by Gasteiger charge is 2.39. The highest BCUT2D eigenvalue weighted by molar-refractivity contribution is 5.70. The molecule has 268 valence electrons. The van der Waals surface area contributed by atoms with Gasteiger partial charge in [0.2, 0.25) is 0 Å². The van der Waals surface area contributed by atoms with Crippen molar-refractivity contribution < 1.29 is 33.0 Å². The van der Waals surface area contributed by atoms with Crippen molar-refractivity contribution in [2.45, 2.75) is 152 Å². The summed E-state index contributed by atoms with van der Waals surface area (Å²) in [6.07, 6.45) is 0.728. The zero-order chi connectivity index (χ0) is 36.8. The van der Waals surface area contributed by atoms with Gasteiger partial charge in [-0.2, -0.15) is 0 Å². The Morgan fingerprint density at radius 3 is 1.79 bits per heavy atom. The van der Waals surface area contributed by atoms with E-state index >= 15 is 0 Å². The van der Waals surface area contributed by atoms with Gasteiger partial charge in [0, 0.05) is 59.8 Å². The Morgan fingerprint density at radius 2 is 1.29 bits per heavy atom. The van der Waals surface area contributed by atoms with Crippen LogP contribution in [0.2, 0.25) is 0 Å². The van der Waals surface area contributed by atoms with Gasteiger partial charge < -0.3 is 23.4 Å². The lowest BCUT2D eigenvalue weighted by Gasteiger charge is -2.35. The van der Waals surface area contributed by atoms with E-state index in [1.54, 1.807) is 27.7 Å². The van der Waals surface area contributed by atoms with Crippen LogP contribution in [-0.4, -0.2) is 35.4 Å². The number of hydrogen-bond donors (Lipinski definition) is 1. The van der Waals surface area contributed by atoms with Crippen LogP contribution in [0.4, 0.5) is 0 Å². The summed E-state index contributed by atoms with van der Waals surface area (Å²) < 4.78 is 24.7. The zero-order valence-corrected chi connectivity index (χ0v) is 31.5. The van der Waals surface area contributed by atoms with Crippen LogP contribution < -0.4 is 10.9 Å². The van der Waals surface area contributed by atoms with Gasteiger partial charge in [0.25, 0.3) is 0 Å². The molecule has 9 heteroatoms. The number of carbonyl (C=O) groups is 2. The number of carbonyl (C=O) groups excluding carboxylic acids is 2. The topological polar surface area (TPSA) is 133 Å². The summed E-state index contributed by atoms with van der Waals surface area (Å²) in [5, 5.41) is 10.6. The van der Waals surface area contributed by atoms with Crippen LogP contribution >= 0.6 is 0 Å². The van der Waals surface area contributed by atoms with E-state index in [9.17, 15) is 24.3 Å². The van der Waals surface area contributed by atoms with Crippen LogP contribution in [0.3, 0.4) is 0 Å². The summed E-state index contributed by atoms with van der Waals surface area (Å²) in [5.41, 5.74) is 2.37. The van der Waals surface area contributed by atoms with Crippen molar-refractivity contribution in [2.75, 3.05) is 0 Å². The maximum absolute atomic E-state index is 13.5. The van der Waals surface area contributed by atoms with Crippen LogP contribution in [0, 0.1) is 39.5 Å². The number of allylic oxidation sites excluding steroid dienone is 1. The highest BCUT2D eigenvalue weighted by Crippen LogP contribution is 2.36. The average Bonchev–Trinajstić information content (AvgIpc) is 3.02. The van der Waals surface area contributed by atoms with Crippen molar-refractivity contribution in [3.8, 4) is 0 Å². The first-order valence-electron chi connectivity index (χ1n) is 17.3. The Labute approximate surface area is 286 Å². The molecule has 48 heavy (non-hydrogen) atoms. The Morgan fingerprint density at radius 1 is 0.771 bits per heavy atom. The van der Waals surface area contributed by atoms with E-state index in [1.165, 1.54) is 6.92 Å². The van der Waals surface area contributed by atoms with Crippen LogP contribution in [0.1, 0.15) is 145 Å². The SMILES string of the molecule is CCc1oc([C@H](C)C=C(C)[C@H](OC(C)=O)[C@H](C)[C@@H](OC(=O)CC(C)C)[C@@H](C)c2oc([C@@H](C)[C@@H](O)CC)c(C)c(=O)c2C)c(C)c(=O)c1C. The van der Waals surface area contributed by atoms with Gasteiger partial charge in [-0.1, -0.05) is 61.5 Å². The van der Waals surface area contributed by atoms with Crippen molar-refractivity contribution in [3.05, 3.63) is 77.4 Å². The first-order valence-corrected chi connectivity index (χ1v) is 17.3. The van der Waals surface area contributed by atoms with E-state index < -0.39 is 48.0 Å². The van der Waals surface area contributed by atoms with Crippen molar-refractivity contribution in [2.24, 2.45) is 11.8 Å². The number of esters is 2. The molecular weight excluding hydrogens is 612 g/mol. The molecule has 0 radical (unpaired) electrons. The number of rotatable bonds is 15. The largest absolute Gasteiger partial charge is 0.465 e. The minimum absolute atomic E-state index is 0.0398. The molecule has 0 spiro atoms. The molecule has 0 saturated heterocycles. The molecule has 0 aliphatic heterocycles. The van der Waals surface area contributed by atoms with E-state index in [-0.39, 0.29) is 29.1 Å². The first kappa shape index (κ1) is 40.7. The fraction of sp³-hybridized carbons (Fsp3) is 0.641. The van der Waals surface area contributed by atoms with Gasteiger partial charge in [-0.15, -0.1) is 0 Å². The van der Waals surface area contributed by atoms with Crippen molar-refractivity contribution in [1.82, 2.24) is 0 Å². The quantitative estimate of drug-likeness (QED) is 0.150. The van der Waals surface area contributed by atoms with Crippen molar-refractivity contribution >= 4 is 11.9 Å². The molecule has 0 saturated carbocycles. The minimum Gasteiger partial charge on any atom is -0.465 e. The predicted molar refractivity (Wildman–Crippen MR) is 188 cm³/mol. The molecule has 0 aliphatic rings. The second kappa shape index (κ2) is 17.3. The van der Waals surface area contributed by atoms with Gasteiger partial charge in [-0.25, -0.2) is 0 Å². The summed E-state index contributed by atoms with van der Waals surface area (Å²) in [4.78, 5) is 52.2. The second-order valence-electron chi connectivity index (χ2n) is 13.9. The molecule has 0 fully saturated rings. The average molecular weight is 671 g/mol. The Bertz CT molecular complexity index is 1590. The van der Waals surface area contributed by atoms with Gasteiger partial charge >= 0.3 is 11.9 Å². The van der Waals surface area contributed by atoms with Crippen LogP contribution in [0.15, 0.2) is 30.1 Å². The van der Waals surface area contributed by atoms with Crippen LogP contribution in [0.25, 0.3) is 0 Å². The Balaban J connectivity index is 2.74.